The molecule has 0 amide bonds. The maximum absolute atomic E-state index is 10.3. The molecular formula is C26H20N4O4. The van der Waals surface area contributed by atoms with E-state index in [9.17, 15) is 19.2 Å². The summed E-state index contributed by atoms with van der Waals surface area (Å²) in [5.41, 5.74) is 7.76. The van der Waals surface area contributed by atoms with Crippen LogP contribution in [-0.2, 0) is 19.2 Å². The molecule has 34 heavy (non-hydrogen) atoms. The first kappa shape index (κ1) is 25.4. The zero-order chi connectivity index (χ0) is 25.1. The number of rotatable bonds is 5. The molecule has 168 valence electrons. The Kier molecular flexibility index (Phi) is 9.19. The molecular weight excluding hydrogens is 432 g/mol. The van der Waals surface area contributed by atoms with Crippen molar-refractivity contribution in [3.8, 4) is 11.1 Å². The Labute approximate surface area is 196 Å². The van der Waals surface area contributed by atoms with Crippen molar-refractivity contribution < 1.29 is 19.2 Å². The zero-order valence-corrected chi connectivity index (χ0v) is 19.0. The van der Waals surface area contributed by atoms with Gasteiger partial charge >= 0.3 is 0 Å². The van der Waals surface area contributed by atoms with Crippen molar-refractivity contribution in [3.63, 3.8) is 0 Å². The normalized spacial score (nSPS) is 9.18. The molecule has 0 radical (unpaired) electrons. The molecule has 8 nitrogen and oxygen atoms in total. The molecule has 3 aromatic rings. The van der Waals surface area contributed by atoms with Crippen molar-refractivity contribution in [1.29, 1.82) is 0 Å². The van der Waals surface area contributed by atoms with Gasteiger partial charge in [0.2, 0.25) is 24.3 Å². The quantitative estimate of drug-likeness (QED) is 0.341. The van der Waals surface area contributed by atoms with Gasteiger partial charge in [0.25, 0.3) is 0 Å². The molecule has 0 bridgehead atoms. The van der Waals surface area contributed by atoms with E-state index in [-0.39, 0.29) is 0 Å². The van der Waals surface area contributed by atoms with Crippen LogP contribution in [-0.4, -0.2) is 24.3 Å². The lowest BCUT2D eigenvalue weighted by Gasteiger charge is -2.07. The SMILES string of the molecule is Cc1c(N=C=O)ccc(N=C=O)c1C.Cc1cc(-c2ccc(N=C=O)c(C)c2)ccc1N=C=O. The third-order valence-electron chi connectivity index (χ3n) is 5.12. The predicted octanol–water partition coefficient (Wildman–Crippen LogP) is 6.14. The van der Waals surface area contributed by atoms with E-state index in [1.807, 2.05) is 38.1 Å². The largest absolute Gasteiger partial charge is 0.240 e. The molecule has 0 saturated carbocycles. The maximum Gasteiger partial charge on any atom is 0.240 e. The molecule has 3 aromatic carbocycles. The molecule has 8 heteroatoms. The second-order valence-corrected chi connectivity index (χ2v) is 7.17. The molecule has 0 atom stereocenters. The van der Waals surface area contributed by atoms with Crippen LogP contribution >= 0.6 is 0 Å². The van der Waals surface area contributed by atoms with Gasteiger partial charge < -0.3 is 0 Å². The second kappa shape index (κ2) is 12.3. The van der Waals surface area contributed by atoms with Crippen LogP contribution in [0.4, 0.5) is 22.7 Å². The topological polar surface area (TPSA) is 118 Å². The highest BCUT2D eigenvalue weighted by molar-refractivity contribution is 5.71. The fraction of sp³-hybridized carbons (Fsp3) is 0.154. The summed E-state index contributed by atoms with van der Waals surface area (Å²) in [6, 6.07) is 14.5. The zero-order valence-electron chi connectivity index (χ0n) is 19.0. The Balaban J connectivity index is 0.000000257. The van der Waals surface area contributed by atoms with E-state index in [2.05, 4.69) is 20.0 Å². The van der Waals surface area contributed by atoms with Crippen molar-refractivity contribution in [2.75, 3.05) is 0 Å². The van der Waals surface area contributed by atoms with Crippen molar-refractivity contribution in [2.45, 2.75) is 27.7 Å². The first-order valence-electron chi connectivity index (χ1n) is 9.99. The van der Waals surface area contributed by atoms with Gasteiger partial charge in [0.05, 0.1) is 22.7 Å². The maximum atomic E-state index is 10.3. The molecule has 0 aromatic heterocycles. The van der Waals surface area contributed by atoms with E-state index in [1.54, 1.807) is 50.3 Å². The van der Waals surface area contributed by atoms with Crippen LogP contribution in [0.5, 0.6) is 0 Å². The molecule has 0 fully saturated rings. The lowest BCUT2D eigenvalue weighted by Crippen LogP contribution is -1.83. The first-order valence-corrected chi connectivity index (χ1v) is 9.99. The summed E-state index contributed by atoms with van der Waals surface area (Å²) in [5.74, 6) is 0. The van der Waals surface area contributed by atoms with E-state index in [4.69, 9.17) is 0 Å². The molecule has 0 aliphatic rings. The van der Waals surface area contributed by atoms with E-state index in [0.717, 1.165) is 33.4 Å². The summed E-state index contributed by atoms with van der Waals surface area (Å²) in [6.07, 6.45) is 6.02. The number of aryl methyl sites for hydroxylation is 2. The predicted molar refractivity (Wildman–Crippen MR) is 128 cm³/mol. The van der Waals surface area contributed by atoms with Crippen molar-refractivity contribution in [1.82, 2.24) is 0 Å². The van der Waals surface area contributed by atoms with Crippen molar-refractivity contribution in [3.05, 3.63) is 70.8 Å². The summed E-state index contributed by atoms with van der Waals surface area (Å²) in [7, 11) is 0. The fourth-order valence-corrected chi connectivity index (χ4v) is 3.15. The third-order valence-corrected chi connectivity index (χ3v) is 5.12. The van der Waals surface area contributed by atoms with E-state index < -0.39 is 0 Å². The highest BCUT2D eigenvalue weighted by Gasteiger charge is 2.05. The number of nitrogens with zero attached hydrogens (tertiary/aromatic N) is 4. The molecule has 0 N–H and O–H groups in total. The van der Waals surface area contributed by atoms with Gasteiger partial charge in [-0.1, -0.05) is 12.1 Å². The molecule has 0 saturated heterocycles. The van der Waals surface area contributed by atoms with Crippen LogP contribution in [0.15, 0.2) is 68.5 Å². The lowest BCUT2D eigenvalue weighted by molar-refractivity contribution is 0.564. The minimum Gasteiger partial charge on any atom is -0.211 e. The van der Waals surface area contributed by atoms with Gasteiger partial charge in [0.15, 0.2) is 0 Å². The average molecular weight is 452 g/mol. The number of isocyanates is 4. The Morgan fingerprint density at radius 2 is 0.765 bits per heavy atom. The molecule has 0 spiro atoms. The van der Waals surface area contributed by atoms with E-state index in [1.165, 1.54) is 12.2 Å². The standard InChI is InChI=1S/C16H12N2O2.C10H8N2O2/c1-11-7-13(3-5-15(11)17-9-19)14-4-6-16(18-10-20)12(2)8-14;1-7-8(2)10(12-6-14)4-3-9(7)11-5-13/h3-8H,1-2H3;3-4H,1-2H3. The van der Waals surface area contributed by atoms with Gasteiger partial charge in [-0.3, -0.25) is 0 Å². The monoisotopic (exact) mass is 452 g/mol. The molecule has 3 rings (SSSR count). The number of carbonyl (C=O) groups excluding carboxylic acids is 4. The van der Waals surface area contributed by atoms with Crippen LogP contribution in [0, 0.1) is 27.7 Å². The Bertz CT molecular complexity index is 1310. The highest BCUT2D eigenvalue weighted by atomic mass is 16.1. The molecule has 0 heterocycles. The van der Waals surface area contributed by atoms with Gasteiger partial charge in [-0.25, -0.2) is 19.2 Å². The molecule has 0 aliphatic carbocycles. The van der Waals surface area contributed by atoms with Crippen LogP contribution in [0.25, 0.3) is 11.1 Å². The molecule has 0 aliphatic heterocycles. The summed E-state index contributed by atoms with van der Waals surface area (Å²) < 4.78 is 0. The average Bonchev–Trinajstić information content (AvgIpc) is 2.82. The van der Waals surface area contributed by atoms with Gasteiger partial charge in [-0.2, -0.15) is 20.0 Å². The third kappa shape index (κ3) is 6.35. The van der Waals surface area contributed by atoms with Crippen molar-refractivity contribution >= 4 is 47.1 Å². The first-order chi connectivity index (χ1) is 16.4. The number of benzene rings is 3. The van der Waals surface area contributed by atoms with E-state index >= 15 is 0 Å². The Morgan fingerprint density at radius 1 is 0.471 bits per heavy atom. The number of hydrogen-bond donors (Lipinski definition) is 0. The van der Waals surface area contributed by atoms with E-state index in [0.29, 0.717) is 22.7 Å². The van der Waals surface area contributed by atoms with Crippen LogP contribution in [0.1, 0.15) is 22.3 Å². The number of hydrogen-bond acceptors (Lipinski definition) is 8. The summed E-state index contributed by atoms with van der Waals surface area (Å²) in [5, 5.41) is 0. The van der Waals surface area contributed by atoms with Crippen molar-refractivity contribution in [2.24, 2.45) is 20.0 Å². The lowest BCUT2D eigenvalue weighted by atomic mass is 10.00. The highest BCUT2D eigenvalue weighted by Crippen LogP contribution is 2.30. The number of aliphatic imine (C=N–C) groups is 4. The Hall–Kier alpha value is -4.82. The second-order valence-electron chi connectivity index (χ2n) is 7.17. The smallest absolute Gasteiger partial charge is 0.211 e. The summed E-state index contributed by atoms with van der Waals surface area (Å²) in [4.78, 5) is 55.0. The van der Waals surface area contributed by atoms with Gasteiger partial charge in [-0.15, -0.1) is 0 Å². The van der Waals surface area contributed by atoms with Gasteiger partial charge in [0, 0.05) is 0 Å². The Morgan fingerprint density at radius 3 is 1.06 bits per heavy atom. The minimum atomic E-state index is 0.544. The fourth-order valence-electron chi connectivity index (χ4n) is 3.15. The summed E-state index contributed by atoms with van der Waals surface area (Å²) >= 11 is 0. The minimum absolute atomic E-state index is 0.544. The van der Waals surface area contributed by atoms with Gasteiger partial charge in [-0.05, 0) is 97.5 Å². The van der Waals surface area contributed by atoms with Crippen LogP contribution < -0.4 is 0 Å². The summed E-state index contributed by atoms with van der Waals surface area (Å²) in [6.45, 7) is 7.37. The van der Waals surface area contributed by atoms with Crippen LogP contribution in [0.3, 0.4) is 0 Å². The molecule has 0 unspecified atom stereocenters. The van der Waals surface area contributed by atoms with Crippen LogP contribution in [0.2, 0.25) is 0 Å². The van der Waals surface area contributed by atoms with Gasteiger partial charge in [0.1, 0.15) is 0 Å².